The van der Waals surface area contributed by atoms with Crippen LogP contribution in [0, 0.1) is 0 Å². The van der Waals surface area contributed by atoms with Gasteiger partial charge in [0.15, 0.2) is 0 Å². The van der Waals surface area contributed by atoms with E-state index in [0.29, 0.717) is 16.4 Å². The Bertz CT molecular complexity index is 882. The number of benzene rings is 2. The Labute approximate surface area is 165 Å². The van der Waals surface area contributed by atoms with E-state index >= 15 is 0 Å². The SMILES string of the molecule is CC(=CC(=O)Nc1ccc(SCC(=O)Nc2cccc(Cl)c2)cc1)C(=O)O. The standard InChI is InChI=1S/C19H17ClN2O4S/c1-12(19(25)26)9-17(23)21-14-5-7-16(8-6-14)27-11-18(24)22-15-4-2-3-13(20)10-15/h2-10H,11H2,1H3,(H,21,23)(H,22,24)(H,25,26). The summed E-state index contributed by atoms with van der Waals surface area (Å²) in [5.74, 6) is -1.60. The molecule has 0 radical (unpaired) electrons. The molecule has 0 saturated carbocycles. The molecule has 0 fully saturated rings. The van der Waals surface area contributed by atoms with Crippen LogP contribution >= 0.6 is 23.4 Å². The highest BCUT2D eigenvalue weighted by Crippen LogP contribution is 2.21. The number of nitrogens with one attached hydrogen (secondary N) is 2. The van der Waals surface area contributed by atoms with Crippen molar-refractivity contribution in [2.45, 2.75) is 11.8 Å². The predicted molar refractivity (Wildman–Crippen MR) is 107 cm³/mol. The summed E-state index contributed by atoms with van der Waals surface area (Å²) in [6.45, 7) is 1.34. The monoisotopic (exact) mass is 404 g/mol. The molecule has 3 N–H and O–H groups in total. The molecular formula is C19H17ClN2O4S. The summed E-state index contributed by atoms with van der Waals surface area (Å²) in [6, 6.07) is 13.8. The van der Waals surface area contributed by atoms with E-state index < -0.39 is 11.9 Å². The highest BCUT2D eigenvalue weighted by molar-refractivity contribution is 8.00. The van der Waals surface area contributed by atoms with Crippen LogP contribution in [-0.4, -0.2) is 28.6 Å². The summed E-state index contributed by atoms with van der Waals surface area (Å²) in [6.07, 6.45) is 1.02. The number of hydrogen-bond donors (Lipinski definition) is 3. The van der Waals surface area contributed by atoms with E-state index in [1.807, 2.05) is 0 Å². The van der Waals surface area contributed by atoms with E-state index in [0.717, 1.165) is 11.0 Å². The molecule has 0 spiro atoms. The molecule has 2 aromatic carbocycles. The van der Waals surface area contributed by atoms with Gasteiger partial charge >= 0.3 is 5.97 Å². The normalized spacial score (nSPS) is 11.0. The van der Waals surface area contributed by atoms with Gasteiger partial charge in [-0.3, -0.25) is 9.59 Å². The number of thioether (sulfide) groups is 1. The maximum absolute atomic E-state index is 12.0. The molecule has 0 bridgehead atoms. The van der Waals surface area contributed by atoms with Gasteiger partial charge in [-0.15, -0.1) is 11.8 Å². The Kier molecular flexibility index (Phi) is 7.45. The van der Waals surface area contributed by atoms with Crippen molar-refractivity contribution in [2.75, 3.05) is 16.4 Å². The summed E-state index contributed by atoms with van der Waals surface area (Å²) in [5, 5.41) is 14.6. The Balaban J connectivity index is 1.85. The highest BCUT2D eigenvalue weighted by Gasteiger charge is 2.06. The van der Waals surface area contributed by atoms with Crippen LogP contribution in [0.15, 0.2) is 65.1 Å². The van der Waals surface area contributed by atoms with Crippen molar-refractivity contribution in [2.24, 2.45) is 0 Å². The fourth-order valence-electron chi connectivity index (χ4n) is 1.98. The summed E-state index contributed by atoms with van der Waals surface area (Å²) in [7, 11) is 0. The minimum absolute atomic E-state index is 0.0506. The number of carbonyl (C=O) groups is 3. The van der Waals surface area contributed by atoms with Crippen LogP contribution in [0.1, 0.15) is 6.92 Å². The van der Waals surface area contributed by atoms with Crippen molar-refractivity contribution < 1.29 is 19.5 Å². The van der Waals surface area contributed by atoms with Gasteiger partial charge in [-0.25, -0.2) is 4.79 Å². The number of aliphatic carboxylic acids is 1. The molecule has 0 aliphatic rings. The summed E-state index contributed by atoms with van der Waals surface area (Å²) < 4.78 is 0. The minimum atomic E-state index is -1.15. The van der Waals surface area contributed by atoms with E-state index in [9.17, 15) is 14.4 Å². The first-order valence-corrected chi connectivity index (χ1v) is 9.20. The smallest absolute Gasteiger partial charge is 0.331 e. The molecule has 0 aliphatic heterocycles. The molecule has 0 atom stereocenters. The molecule has 8 heteroatoms. The molecule has 6 nitrogen and oxygen atoms in total. The average Bonchev–Trinajstić information content (AvgIpc) is 2.61. The molecule has 140 valence electrons. The van der Waals surface area contributed by atoms with E-state index in [4.69, 9.17) is 16.7 Å². The number of carboxylic acid groups (broad SMARTS) is 1. The van der Waals surface area contributed by atoms with Crippen LogP contribution in [0.3, 0.4) is 0 Å². The molecule has 2 aromatic rings. The Morgan fingerprint density at radius 3 is 2.41 bits per heavy atom. The number of anilines is 2. The lowest BCUT2D eigenvalue weighted by Crippen LogP contribution is -2.13. The first-order chi connectivity index (χ1) is 12.8. The molecule has 0 heterocycles. The zero-order valence-electron chi connectivity index (χ0n) is 14.4. The number of halogens is 1. The van der Waals surface area contributed by atoms with E-state index in [1.165, 1.54) is 18.7 Å². The van der Waals surface area contributed by atoms with Crippen molar-refractivity contribution in [1.82, 2.24) is 0 Å². The van der Waals surface area contributed by atoms with Gasteiger partial charge in [0, 0.05) is 32.9 Å². The Morgan fingerprint density at radius 1 is 1.07 bits per heavy atom. The van der Waals surface area contributed by atoms with Gasteiger partial charge in [0.25, 0.3) is 0 Å². The zero-order chi connectivity index (χ0) is 19.8. The van der Waals surface area contributed by atoms with Gasteiger partial charge in [0.05, 0.1) is 5.75 Å². The van der Waals surface area contributed by atoms with Crippen molar-refractivity contribution in [1.29, 1.82) is 0 Å². The fraction of sp³-hybridized carbons (Fsp3) is 0.105. The lowest BCUT2D eigenvalue weighted by atomic mass is 10.2. The lowest BCUT2D eigenvalue weighted by Gasteiger charge is -2.07. The first-order valence-electron chi connectivity index (χ1n) is 7.84. The minimum Gasteiger partial charge on any atom is -0.478 e. The van der Waals surface area contributed by atoms with Crippen LogP contribution in [0.5, 0.6) is 0 Å². The third kappa shape index (κ3) is 7.16. The topological polar surface area (TPSA) is 95.5 Å². The van der Waals surface area contributed by atoms with Crippen LogP contribution < -0.4 is 10.6 Å². The van der Waals surface area contributed by atoms with Crippen molar-refractivity contribution in [3.8, 4) is 0 Å². The number of hydrogen-bond acceptors (Lipinski definition) is 4. The maximum Gasteiger partial charge on any atom is 0.331 e. The van der Waals surface area contributed by atoms with Gasteiger partial charge in [-0.2, -0.15) is 0 Å². The first kappa shape index (κ1) is 20.5. The Morgan fingerprint density at radius 2 is 1.78 bits per heavy atom. The fourth-order valence-corrected chi connectivity index (χ4v) is 2.87. The van der Waals surface area contributed by atoms with Crippen molar-refractivity contribution in [3.63, 3.8) is 0 Å². The highest BCUT2D eigenvalue weighted by atomic mass is 35.5. The quantitative estimate of drug-likeness (QED) is 0.478. The van der Waals surface area contributed by atoms with E-state index in [1.54, 1.807) is 48.5 Å². The predicted octanol–water partition coefficient (Wildman–Crippen LogP) is 4.04. The second kappa shape index (κ2) is 9.80. The average molecular weight is 405 g/mol. The largest absolute Gasteiger partial charge is 0.478 e. The molecule has 0 aromatic heterocycles. The Hall–Kier alpha value is -2.77. The molecular weight excluding hydrogens is 388 g/mol. The number of carbonyl (C=O) groups excluding carboxylic acids is 2. The molecule has 0 saturated heterocycles. The zero-order valence-corrected chi connectivity index (χ0v) is 15.9. The van der Waals surface area contributed by atoms with Crippen molar-refractivity contribution >= 4 is 52.5 Å². The molecule has 2 amide bonds. The molecule has 2 rings (SSSR count). The van der Waals surface area contributed by atoms with Crippen LogP contribution in [0.4, 0.5) is 11.4 Å². The van der Waals surface area contributed by atoms with Gasteiger partial charge in [-0.05, 0) is 49.4 Å². The van der Waals surface area contributed by atoms with Gasteiger partial charge in [0.1, 0.15) is 0 Å². The van der Waals surface area contributed by atoms with E-state index in [2.05, 4.69) is 10.6 Å². The molecule has 27 heavy (non-hydrogen) atoms. The van der Waals surface area contributed by atoms with Gasteiger partial charge in [0.2, 0.25) is 11.8 Å². The third-order valence-corrected chi connectivity index (χ3v) is 4.53. The van der Waals surface area contributed by atoms with Crippen LogP contribution in [0.25, 0.3) is 0 Å². The number of amides is 2. The second-order valence-corrected chi connectivity index (χ2v) is 6.98. The van der Waals surface area contributed by atoms with Crippen LogP contribution in [-0.2, 0) is 14.4 Å². The van der Waals surface area contributed by atoms with Crippen molar-refractivity contribution in [3.05, 3.63) is 65.2 Å². The lowest BCUT2D eigenvalue weighted by molar-refractivity contribution is -0.132. The van der Waals surface area contributed by atoms with Crippen LogP contribution in [0.2, 0.25) is 5.02 Å². The van der Waals surface area contributed by atoms with Gasteiger partial charge in [-0.1, -0.05) is 17.7 Å². The second-order valence-electron chi connectivity index (χ2n) is 5.49. The van der Waals surface area contributed by atoms with Gasteiger partial charge < -0.3 is 15.7 Å². The number of rotatable bonds is 7. The maximum atomic E-state index is 12.0. The number of carboxylic acids is 1. The molecule has 0 unspecified atom stereocenters. The summed E-state index contributed by atoms with van der Waals surface area (Å²) >= 11 is 7.22. The summed E-state index contributed by atoms with van der Waals surface area (Å²) in [5.41, 5.74) is 1.11. The van der Waals surface area contributed by atoms with E-state index in [-0.39, 0.29) is 17.2 Å². The molecule has 0 aliphatic carbocycles. The third-order valence-electron chi connectivity index (χ3n) is 3.29. The summed E-state index contributed by atoms with van der Waals surface area (Å²) in [4.78, 5) is 35.2.